The van der Waals surface area contributed by atoms with Gasteiger partial charge >= 0.3 is 0 Å². The fraction of sp³-hybridized carbons (Fsp3) is 0.414. The molecule has 2 aromatic rings. The van der Waals surface area contributed by atoms with Crippen molar-refractivity contribution < 1.29 is 7.96 Å². The molecule has 5 N–H and O–H groups in total. The molecule has 194 valence electrons. The minimum absolute atomic E-state index is 0. The van der Waals surface area contributed by atoms with Crippen molar-refractivity contribution in [1.29, 1.82) is 0 Å². The highest BCUT2D eigenvalue weighted by Gasteiger charge is 2.20. The van der Waals surface area contributed by atoms with Gasteiger partial charge in [-0.1, -0.05) is 59.2 Å². The average Bonchev–Trinajstić information content (AvgIpc) is 3.69. The third-order valence-electron chi connectivity index (χ3n) is 5.38. The van der Waals surface area contributed by atoms with Gasteiger partial charge in [0.05, 0.1) is 5.70 Å². The minimum atomic E-state index is -0.410. The van der Waals surface area contributed by atoms with Crippen LogP contribution in [0.5, 0.6) is 0 Å². The summed E-state index contributed by atoms with van der Waals surface area (Å²) in [6.07, 6.45) is 10.9. The van der Waals surface area contributed by atoms with Gasteiger partial charge in [-0.15, -0.1) is 5.73 Å². The lowest BCUT2D eigenvalue weighted by atomic mass is 9.97. The van der Waals surface area contributed by atoms with Crippen molar-refractivity contribution in [2.45, 2.75) is 60.2 Å². The van der Waals surface area contributed by atoms with E-state index in [0.29, 0.717) is 0 Å². The predicted octanol–water partition coefficient (Wildman–Crippen LogP) is 6.51. The number of allylic oxidation sites excluding steroid dienone is 1. The van der Waals surface area contributed by atoms with Gasteiger partial charge in [-0.05, 0) is 54.7 Å². The fourth-order valence-electron chi connectivity index (χ4n) is 3.30. The lowest BCUT2D eigenvalue weighted by Crippen LogP contribution is -2.39. The topological polar surface area (TPSA) is 95.6 Å². The van der Waals surface area contributed by atoms with E-state index in [0.717, 1.165) is 53.2 Å². The molecule has 0 radical (unpaired) electrons. The van der Waals surface area contributed by atoms with Gasteiger partial charge in [-0.2, -0.15) is 0 Å². The Morgan fingerprint density at radius 1 is 1.23 bits per heavy atom. The second kappa shape index (κ2) is 16.4. The second-order valence-electron chi connectivity index (χ2n) is 8.20. The third kappa shape index (κ3) is 10.3. The molecular formula is C29H47N5O. The number of benzene rings is 1. The number of aliphatic hydroxyl groups excluding tert-OH is 1. The van der Waals surface area contributed by atoms with Crippen LogP contribution in [-0.4, -0.2) is 29.7 Å². The van der Waals surface area contributed by atoms with Gasteiger partial charge in [0.2, 0.25) is 0 Å². The lowest BCUT2D eigenvalue weighted by Gasteiger charge is -2.26. The summed E-state index contributed by atoms with van der Waals surface area (Å²) in [5, 5.41) is 13.7. The zero-order valence-electron chi connectivity index (χ0n) is 22.2. The van der Waals surface area contributed by atoms with Gasteiger partial charge in [0, 0.05) is 51.4 Å². The van der Waals surface area contributed by atoms with E-state index in [4.69, 9.17) is 10.8 Å². The van der Waals surface area contributed by atoms with Crippen LogP contribution >= 0.6 is 0 Å². The Labute approximate surface area is 214 Å². The van der Waals surface area contributed by atoms with Crippen molar-refractivity contribution >= 4 is 11.9 Å². The monoisotopic (exact) mass is 481 g/mol. The number of rotatable bonds is 6. The zero-order valence-corrected chi connectivity index (χ0v) is 22.2. The number of aliphatic imine (C=N–C) groups is 1. The van der Waals surface area contributed by atoms with Crippen molar-refractivity contribution in [3.05, 3.63) is 78.1 Å². The summed E-state index contributed by atoms with van der Waals surface area (Å²) >= 11 is 0. The van der Waals surface area contributed by atoms with Gasteiger partial charge in [0.1, 0.15) is 0 Å². The molecule has 4 rings (SSSR count). The van der Waals surface area contributed by atoms with Crippen molar-refractivity contribution in [2.24, 2.45) is 22.6 Å². The molecule has 0 spiro atoms. The second-order valence-corrected chi connectivity index (χ2v) is 8.20. The summed E-state index contributed by atoms with van der Waals surface area (Å²) < 4.78 is 0. The largest absolute Gasteiger partial charge is 0.400 e. The van der Waals surface area contributed by atoms with Gasteiger partial charge < -0.3 is 15.7 Å². The van der Waals surface area contributed by atoms with Gasteiger partial charge in [-0.25, -0.2) is 0 Å². The van der Waals surface area contributed by atoms with E-state index in [1.807, 2.05) is 39.2 Å². The van der Waals surface area contributed by atoms with E-state index < -0.39 is 6.29 Å². The number of hydrogen-bond donors (Lipinski definition) is 4. The van der Waals surface area contributed by atoms with E-state index in [1.165, 1.54) is 12.8 Å². The molecule has 1 fully saturated rings. The minimum Gasteiger partial charge on any atom is -0.400 e. The predicted molar refractivity (Wildman–Crippen MR) is 154 cm³/mol. The highest BCUT2D eigenvalue weighted by molar-refractivity contribution is 5.73. The number of aliphatic hydroxyl groups is 1. The molecule has 6 nitrogen and oxygen atoms in total. The van der Waals surface area contributed by atoms with E-state index in [2.05, 4.69) is 77.1 Å². The van der Waals surface area contributed by atoms with Crippen molar-refractivity contribution in [2.75, 3.05) is 12.4 Å². The first-order chi connectivity index (χ1) is 17.0. The Balaban J connectivity index is 0. The highest BCUT2D eigenvalue weighted by Crippen LogP contribution is 2.27. The average molecular weight is 482 g/mol. The van der Waals surface area contributed by atoms with Crippen LogP contribution in [0.4, 0.5) is 5.69 Å². The Morgan fingerprint density at radius 2 is 1.86 bits per heavy atom. The van der Waals surface area contributed by atoms with E-state index in [1.54, 1.807) is 6.21 Å². The molecule has 2 unspecified atom stereocenters. The molecule has 2 atom stereocenters. The maximum atomic E-state index is 7.00. The number of nitrogens with one attached hydrogen (secondary N) is 2. The number of hydrogen-bond acceptors (Lipinski definition) is 6. The molecule has 1 aliphatic heterocycles. The summed E-state index contributed by atoms with van der Waals surface area (Å²) in [5.74, 6) is 1.18. The number of pyridine rings is 1. The maximum absolute atomic E-state index is 7.00. The standard InChI is InChI=1S/C22H25N5.C4H8.C2H6.CH4O.2H2/c1-4-19(21-10-11-25-22(23)27-21)20(5-2)26-18-8-6-16(7-9-18)17-12-15(3)13-24-14-17;1-4-2-3-4;2*1-2;;/h6-14,19,22,26-27H,2,4,23H2,1,3H3;4H,2-3H2,1H3;1-2H3;2H,1H3;2*1H. The summed E-state index contributed by atoms with van der Waals surface area (Å²) in [6.45, 7) is 14.3. The Hall–Kier alpha value is -3.18. The van der Waals surface area contributed by atoms with Crippen LogP contribution in [0.2, 0.25) is 0 Å². The molecule has 2 aliphatic rings. The van der Waals surface area contributed by atoms with E-state index >= 15 is 0 Å². The summed E-state index contributed by atoms with van der Waals surface area (Å²) in [7, 11) is 1.00. The van der Waals surface area contributed by atoms with Crippen LogP contribution in [0, 0.1) is 18.8 Å². The van der Waals surface area contributed by atoms with Crippen LogP contribution in [0.25, 0.3) is 11.1 Å². The van der Waals surface area contributed by atoms with Crippen LogP contribution in [0.15, 0.2) is 77.5 Å². The quantitative estimate of drug-likeness (QED) is 0.353. The first kappa shape index (κ1) is 29.9. The van der Waals surface area contributed by atoms with Crippen molar-refractivity contribution in [1.82, 2.24) is 10.3 Å². The molecule has 35 heavy (non-hydrogen) atoms. The first-order valence-corrected chi connectivity index (χ1v) is 12.4. The molecule has 0 amide bonds. The Kier molecular flexibility index (Phi) is 14.0. The maximum Gasteiger partial charge on any atom is 0.170 e. The number of nitrogens with zero attached hydrogens (tertiary/aromatic N) is 2. The SMILES string of the molecule is C=C=C(Nc1ccc(-c2cncc(C)c2)cc1)C(CC)C1=CC=NC(N)N1.CC.CC1CC1.CO.[HH].[HH]. The smallest absolute Gasteiger partial charge is 0.170 e. The normalized spacial score (nSPS) is 16.2. The number of nitrogens with two attached hydrogens (primary N) is 1. The summed E-state index contributed by atoms with van der Waals surface area (Å²) in [4.78, 5) is 8.37. The van der Waals surface area contributed by atoms with Crippen molar-refractivity contribution in [3.63, 3.8) is 0 Å². The van der Waals surface area contributed by atoms with Crippen LogP contribution < -0.4 is 16.4 Å². The molecule has 2 heterocycles. The first-order valence-electron chi connectivity index (χ1n) is 12.4. The van der Waals surface area contributed by atoms with E-state index in [9.17, 15) is 0 Å². The van der Waals surface area contributed by atoms with Crippen LogP contribution in [0.3, 0.4) is 0 Å². The Bertz CT molecular complexity index is 998. The van der Waals surface area contributed by atoms with E-state index in [-0.39, 0.29) is 8.77 Å². The Morgan fingerprint density at radius 3 is 2.34 bits per heavy atom. The van der Waals surface area contributed by atoms with Crippen molar-refractivity contribution in [3.8, 4) is 11.1 Å². The number of aromatic nitrogens is 1. The molecule has 0 bridgehead atoms. The molecule has 1 saturated carbocycles. The van der Waals surface area contributed by atoms with Gasteiger partial charge in [0.15, 0.2) is 6.29 Å². The fourth-order valence-corrected chi connectivity index (χ4v) is 3.30. The number of aryl methyl sites for hydroxylation is 1. The molecule has 1 aromatic heterocycles. The molecule has 1 aromatic carbocycles. The number of anilines is 1. The molecule has 1 aliphatic carbocycles. The molecule has 6 heteroatoms. The molecular weight excluding hydrogens is 434 g/mol. The van der Waals surface area contributed by atoms with Gasteiger partial charge in [-0.3, -0.25) is 15.7 Å². The van der Waals surface area contributed by atoms with Gasteiger partial charge in [0.25, 0.3) is 0 Å². The summed E-state index contributed by atoms with van der Waals surface area (Å²) in [5.41, 5.74) is 15.2. The van der Waals surface area contributed by atoms with Crippen LogP contribution in [0.1, 0.15) is 55.4 Å². The zero-order chi connectivity index (χ0) is 26.2. The lowest BCUT2D eigenvalue weighted by molar-refractivity contribution is 0.399. The third-order valence-corrected chi connectivity index (χ3v) is 5.38. The molecule has 0 saturated heterocycles. The highest BCUT2D eigenvalue weighted by atomic mass is 16.2. The van der Waals surface area contributed by atoms with Crippen LogP contribution in [-0.2, 0) is 0 Å². The summed E-state index contributed by atoms with van der Waals surface area (Å²) in [6, 6.07) is 10.4.